The van der Waals surface area contributed by atoms with Crippen LogP contribution in [0.3, 0.4) is 0 Å². The molecule has 0 spiro atoms. The molecular formula is C22H14BrNO3. The largest absolute Gasteiger partial charge is 0.422 e. The number of anilines is 1. The average molecular weight is 420 g/mol. The molecule has 4 nitrogen and oxygen atoms in total. The van der Waals surface area contributed by atoms with E-state index in [4.69, 9.17) is 4.42 Å². The highest BCUT2D eigenvalue weighted by atomic mass is 79.9. The first-order chi connectivity index (χ1) is 13.1. The van der Waals surface area contributed by atoms with Crippen molar-refractivity contribution in [3.8, 4) is 11.1 Å². The Morgan fingerprint density at radius 3 is 2.37 bits per heavy atom. The van der Waals surface area contributed by atoms with Gasteiger partial charge in [0.2, 0.25) is 0 Å². The fourth-order valence-electron chi connectivity index (χ4n) is 2.84. The zero-order valence-corrected chi connectivity index (χ0v) is 15.7. The molecular weight excluding hydrogens is 406 g/mol. The Morgan fingerprint density at radius 2 is 1.59 bits per heavy atom. The molecule has 0 radical (unpaired) electrons. The van der Waals surface area contributed by atoms with Crippen LogP contribution in [0.5, 0.6) is 0 Å². The number of fused-ring (bicyclic) bond motifs is 1. The maximum Gasteiger partial charge on any atom is 0.344 e. The van der Waals surface area contributed by atoms with Gasteiger partial charge in [-0.05, 0) is 57.9 Å². The minimum atomic E-state index is -0.390. The molecule has 1 aromatic heterocycles. The first-order valence-corrected chi connectivity index (χ1v) is 9.10. The van der Waals surface area contributed by atoms with Crippen LogP contribution in [0.1, 0.15) is 10.4 Å². The van der Waals surface area contributed by atoms with Crippen molar-refractivity contribution in [2.24, 2.45) is 0 Å². The summed E-state index contributed by atoms with van der Waals surface area (Å²) in [5.74, 6) is -0.208. The molecule has 0 saturated carbocycles. The van der Waals surface area contributed by atoms with E-state index in [2.05, 4.69) is 21.2 Å². The first kappa shape index (κ1) is 17.2. The Bertz CT molecular complexity index is 1200. The van der Waals surface area contributed by atoms with Crippen LogP contribution in [0, 0.1) is 0 Å². The summed E-state index contributed by atoms with van der Waals surface area (Å²) >= 11 is 3.37. The van der Waals surface area contributed by atoms with Crippen molar-refractivity contribution in [1.29, 1.82) is 0 Å². The fourth-order valence-corrected chi connectivity index (χ4v) is 3.30. The van der Waals surface area contributed by atoms with Gasteiger partial charge >= 0.3 is 5.63 Å². The second-order valence-corrected chi connectivity index (χ2v) is 6.85. The number of hydrogen-bond acceptors (Lipinski definition) is 3. The minimum Gasteiger partial charge on any atom is -0.422 e. The highest BCUT2D eigenvalue weighted by molar-refractivity contribution is 9.10. The van der Waals surface area contributed by atoms with E-state index in [1.54, 1.807) is 36.4 Å². The zero-order chi connectivity index (χ0) is 18.8. The summed E-state index contributed by atoms with van der Waals surface area (Å²) < 4.78 is 6.11. The number of amides is 1. The second kappa shape index (κ2) is 7.21. The quantitative estimate of drug-likeness (QED) is 0.447. The predicted molar refractivity (Wildman–Crippen MR) is 110 cm³/mol. The van der Waals surface area contributed by atoms with E-state index >= 15 is 0 Å². The van der Waals surface area contributed by atoms with E-state index in [1.807, 2.05) is 42.5 Å². The summed E-state index contributed by atoms with van der Waals surface area (Å²) in [6.45, 7) is 0. The molecule has 4 rings (SSSR count). The summed E-state index contributed by atoms with van der Waals surface area (Å²) in [4.78, 5) is 24.7. The van der Waals surface area contributed by atoms with E-state index in [0.29, 0.717) is 22.4 Å². The number of halogens is 1. The maximum atomic E-state index is 12.4. The number of hydrogen-bond donors (Lipinski definition) is 1. The lowest BCUT2D eigenvalue weighted by molar-refractivity contribution is 0.102. The van der Waals surface area contributed by atoms with E-state index in [0.717, 1.165) is 15.4 Å². The van der Waals surface area contributed by atoms with Gasteiger partial charge in [-0.2, -0.15) is 0 Å². The second-order valence-electron chi connectivity index (χ2n) is 6.00. The fraction of sp³-hybridized carbons (Fsp3) is 0. The lowest BCUT2D eigenvalue weighted by atomic mass is 10.1. The van der Waals surface area contributed by atoms with Gasteiger partial charge in [0.15, 0.2) is 0 Å². The number of nitrogens with one attached hydrogen (secondary N) is 1. The third-order valence-corrected chi connectivity index (χ3v) is 4.91. The summed E-state index contributed by atoms with van der Waals surface area (Å²) in [6, 6.07) is 23.5. The maximum absolute atomic E-state index is 12.4. The van der Waals surface area contributed by atoms with Gasteiger partial charge in [0.05, 0.1) is 11.1 Å². The molecule has 5 heteroatoms. The molecule has 1 N–H and O–H groups in total. The highest BCUT2D eigenvalue weighted by Crippen LogP contribution is 2.23. The molecule has 0 aliphatic heterocycles. The molecule has 0 bridgehead atoms. The lowest BCUT2D eigenvalue weighted by Gasteiger charge is -2.08. The normalized spacial score (nSPS) is 10.7. The predicted octanol–water partition coefficient (Wildman–Crippen LogP) is 5.47. The molecule has 0 atom stereocenters. The Kier molecular flexibility index (Phi) is 4.60. The standard InChI is InChI=1S/C22H14BrNO3/c23-19-7-3-2-6-17(19)21(25)24-16-11-9-14(10-12-16)18-13-15-5-1-4-8-20(15)27-22(18)26/h1-13H,(H,24,25). The van der Waals surface area contributed by atoms with Crippen molar-refractivity contribution < 1.29 is 9.21 Å². The molecule has 132 valence electrons. The SMILES string of the molecule is O=C(Nc1ccc(-c2cc3ccccc3oc2=O)cc1)c1ccccc1Br. The van der Waals surface area contributed by atoms with E-state index < -0.39 is 5.63 Å². The van der Waals surface area contributed by atoms with Gasteiger partial charge in [0.1, 0.15) is 5.58 Å². The van der Waals surface area contributed by atoms with Crippen LogP contribution in [0.25, 0.3) is 22.1 Å². The van der Waals surface area contributed by atoms with Gasteiger partial charge in [-0.1, -0.05) is 42.5 Å². The topological polar surface area (TPSA) is 59.3 Å². The Balaban J connectivity index is 1.61. The Morgan fingerprint density at radius 1 is 0.889 bits per heavy atom. The summed E-state index contributed by atoms with van der Waals surface area (Å²) in [5.41, 5.74) is 2.58. The zero-order valence-electron chi connectivity index (χ0n) is 14.1. The van der Waals surface area contributed by atoms with E-state index in [-0.39, 0.29) is 5.91 Å². The minimum absolute atomic E-state index is 0.208. The molecule has 1 heterocycles. The van der Waals surface area contributed by atoms with Crippen LogP contribution in [0.2, 0.25) is 0 Å². The van der Waals surface area contributed by atoms with Gasteiger partial charge in [0.25, 0.3) is 5.91 Å². The van der Waals surface area contributed by atoms with Crippen molar-refractivity contribution in [3.63, 3.8) is 0 Å². The molecule has 4 aromatic rings. The van der Waals surface area contributed by atoms with Crippen molar-refractivity contribution in [3.05, 3.63) is 99.3 Å². The van der Waals surface area contributed by atoms with Crippen LogP contribution in [0.4, 0.5) is 5.69 Å². The monoisotopic (exact) mass is 419 g/mol. The molecule has 0 fully saturated rings. The number of rotatable bonds is 3. The smallest absolute Gasteiger partial charge is 0.344 e. The van der Waals surface area contributed by atoms with Gasteiger partial charge < -0.3 is 9.73 Å². The molecule has 1 amide bonds. The van der Waals surface area contributed by atoms with Gasteiger partial charge in [-0.15, -0.1) is 0 Å². The van der Waals surface area contributed by atoms with Crippen LogP contribution in [0.15, 0.2) is 92.5 Å². The van der Waals surface area contributed by atoms with Crippen molar-refractivity contribution in [1.82, 2.24) is 0 Å². The lowest BCUT2D eigenvalue weighted by Crippen LogP contribution is -2.12. The third kappa shape index (κ3) is 3.55. The summed E-state index contributed by atoms with van der Waals surface area (Å²) in [6.07, 6.45) is 0. The van der Waals surface area contributed by atoms with Gasteiger partial charge in [0, 0.05) is 15.5 Å². The van der Waals surface area contributed by atoms with E-state index in [9.17, 15) is 9.59 Å². The van der Waals surface area contributed by atoms with Crippen molar-refractivity contribution >= 4 is 38.5 Å². The van der Waals surface area contributed by atoms with Crippen LogP contribution in [-0.4, -0.2) is 5.91 Å². The van der Waals surface area contributed by atoms with Gasteiger partial charge in [-0.3, -0.25) is 4.79 Å². The van der Waals surface area contributed by atoms with Crippen LogP contribution < -0.4 is 10.9 Å². The molecule has 0 aliphatic carbocycles. The Labute approximate surface area is 163 Å². The number of benzene rings is 3. The Hall–Kier alpha value is -3.18. The summed E-state index contributed by atoms with van der Waals surface area (Å²) in [5, 5.41) is 3.71. The van der Waals surface area contributed by atoms with Crippen LogP contribution in [-0.2, 0) is 0 Å². The number of carbonyl (C=O) groups is 1. The van der Waals surface area contributed by atoms with E-state index in [1.165, 1.54) is 0 Å². The average Bonchev–Trinajstić information content (AvgIpc) is 2.68. The summed E-state index contributed by atoms with van der Waals surface area (Å²) in [7, 11) is 0. The molecule has 0 aliphatic rings. The molecule has 0 unspecified atom stereocenters. The number of para-hydroxylation sites is 1. The molecule has 27 heavy (non-hydrogen) atoms. The van der Waals surface area contributed by atoms with Crippen molar-refractivity contribution in [2.75, 3.05) is 5.32 Å². The third-order valence-electron chi connectivity index (χ3n) is 4.21. The molecule has 3 aromatic carbocycles. The highest BCUT2D eigenvalue weighted by Gasteiger charge is 2.11. The van der Waals surface area contributed by atoms with Gasteiger partial charge in [-0.25, -0.2) is 4.79 Å². The molecule has 0 saturated heterocycles. The van der Waals surface area contributed by atoms with Crippen LogP contribution >= 0.6 is 15.9 Å². The van der Waals surface area contributed by atoms with Crippen molar-refractivity contribution in [2.45, 2.75) is 0 Å². The number of carbonyl (C=O) groups excluding carboxylic acids is 1. The first-order valence-electron chi connectivity index (χ1n) is 8.31.